The van der Waals surface area contributed by atoms with E-state index in [1.807, 2.05) is 13.0 Å². The largest absolute Gasteiger partial charge is 0.493 e. The maximum absolute atomic E-state index is 11.5. The quantitative estimate of drug-likeness (QED) is 0.688. The lowest BCUT2D eigenvalue weighted by atomic mass is 10.3. The average molecular weight is 247 g/mol. The molecule has 0 saturated carbocycles. The Morgan fingerprint density at radius 3 is 3.00 bits per heavy atom. The topological polar surface area (TPSA) is 70.9 Å². The highest BCUT2D eigenvalue weighted by Gasteiger charge is 2.09. The fraction of sp³-hybridized carbons (Fsp3) is 0.0909. The van der Waals surface area contributed by atoms with Crippen LogP contribution in [0.3, 0.4) is 0 Å². The van der Waals surface area contributed by atoms with Crippen molar-refractivity contribution >= 4 is 21.6 Å². The van der Waals surface area contributed by atoms with Crippen molar-refractivity contribution in [1.29, 1.82) is 0 Å². The molecule has 0 amide bonds. The summed E-state index contributed by atoms with van der Waals surface area (Å²) in [7, 11) is 0. The molecule has 5 nitrogen and oxygen atoms in total. The molecule has 17 heavy (non-hydrogen) atoms. The summed E-state index contributed by atoms with van der Waals surface area (Å²) in [6.07, 6.45) is 1.26. The molecule has 2 heterocycles. The molecule has 0 radical (unpaired) electrons. The predicted molar refractivity (Wildman–Crippen MR) is 66.0 cm³/mol. The van der Waals surface area contributed by atoms with Crippen molar-refractivity contribution in [2.75, 3.05) is 0 Å². The van der Waals surface area contributed by atoms with Gasteiger partial charge in [0.05, 0.1) is 27.1 Å². The van der Waals surface area contributed by atoms with Crippen LogP contribution < -0.4 is 5.69 Å². The van der Waals surface area contributed by atoms with Crippen molar-refractivity contribution in [3.05, 3.63) is 39.9 Å². The van der Waals surface area contributed by atoms with Gasteiger partial charge in [0.15, 0.2) is 0 Å². The van der Waals surface area contributed by atoms with Crippen molar-refractivity contribution in [2.24, 2.45) is 0 Å². The molecule has 1 aromatic carbocycles. The molecule has 0 atom stereocenters. The number of aromatic nitrogens is 3. The predicted octanol–water partition coefficient (Wildman–Crippen LogP) is 1.79. The number of hydrogen-bond donors (Lipinski definition) is 2. The monoisotopic (exact) mass is 247 g/mol. The lowest BCUT2D eigenvalue weighted by Crippen LogP contribution is -2.14. The second kappa shape index (κ2) is 3.46. The number of fused-ring (bicyclic) bond motifs is 1. The molecular weight excluding hydrogens is 238 g/mol. The molecule has 2 N–H and O–H groups in total. The van der Waals surface area contributed by atoms with Crippen LogP contribution in [0.15, 0.2) is 29.2 Å². The second-order valence-electron chi connectivity index (χ2n) is 3.67. The van der Waals surface area contributed by atoms with Gasteiger partial charge in [0.2, 0.25) is 5.88 Å². The molecule has 0 fully saturated rings. The highest BCUT2D eigenvalue weighted by molar-refractivity contribution is 7.18. The zero-order chi connectivity index (χ0) is 12.0. The summed E-state index contributed by atoms with van der Waals surface area (Å²) < 4.78 is 2.27. The number of aromatic amines is 1. The highest BCUT2D eigenvalue weighted by Crippen LogP contribution is 2.24. The van der Waals surface area contributed by atoms with Crippen LogP contribution in [0.5, 0.6) is 5.88 Å². The first-order chi connectivity index (χ1) is 8.15. The molecule has 0 aliphatic carbocycles. The molecule has 2 aromatic heterocycles. The van der Waals surface area contributed by atoms with Crippen LogP contribution >= 0.6 is 11.3 Å². The van der Waals surface area contributed by atoms with Crippen LogP contribution in [0, 0.1) is 6.92 Å². The number of benzene rings is 1. The van der Waals surface area contributed by atoms with Crippen LogP contribution in [0.25, 0.3) is 15.9 Å². The number of thiazole rings is 1. The Labute approximate surface area is 100.0 Å². The first-order valence-corrected chi connectivity index (χ1v) is 5.84. The third-order valence-corrected chi connectivity index (χ3v) is 3.45. The summed E-state index contributed by atoms with van der Waals surface area (Å²) >= 11 is 1.60. The second-order valence-corrected chi connectivity index (χ2v) is 4.91. The van der Waals surface area contributed by atoms with E-state index in [0.29, 0.717) is 5.69 Å². The minimum absolute atomic E-state index is 0.110. The molecule has 0 aliphatic heterocycles. The van der Waals surface area contributed by atoms with Gasteiger partial charge in [0.1, 0.15) is 0 Å². The Hall–Kier alpha value is -2.08. The van der Waals surface area contributed by atoms with Gasteiger partial charge in [-0.3, -0.25) is 0 Å². The van der Waals surface area contributed by atoms with Gasteiger partial charge in [-0.15, -0.1) is 11.3 Å². The number of nitrogens with zero attached hydrogens (tertiary/aromatic N) is 2. The van der Waals surface area contributed by atoms with Gasteiger partial charge >= 0.3 is 5.69 Å². The highest BCUT2D eigenvalue weighted by atomic mass is 32.1. The number of aromatic hydroxyl groups is 1. The smallest absolute Gasteiger partial charge is 0.333 e. The van der Waals surface area contributed by atoms with Gasteiger partial charge in [0, 0.05) is 0 Å². The van der Waals surface area contributed by atoms with Gasteiger partial charge in [-0.25, -0.2) is 14.3 Å². The summed E-state index contributed by atoms with van der Waals surface area (Å²) in [4.78, 5) is 18.3. The van der Waals surface area contributed by atoms with Crippen LogP contribution in [-0.2, 0) is 0 Å². The van der Waals surface area contributed by atoms with Gasteiger partial charge in [-0.2, -0.15) is 0 Å². The fourth-order valence-electron chi connectivity index (χ4n) is 1.78. The standard InChI is InChI=1S/C11H9N3O2S/c1-6-13-8-4-7(2-3-9(8)17-6)14-10(15)5-12-11(14)16/h2-5,15H,1H3,(H,12,16). The van der Waals surface area contributed by atoms with Gasteiger partial charge < -0.3 is 10.1 Å². The van der Waals surface area contributed by atoms with Crippen molar-refractivity contribution in [2.45, 2.75) is 6.92 Å². The Kier molecular flexibility index (Phi) is 2.05. The third-order valence-electron chi connectivity index (χ3n) is 2.49. The zero-order valence-corrected chi connectivity index (χ0v) is 9.78. The summed E-state index contributed by atoms with van der Waals surface area (Å²) in [6.45, 7) is 1.93. The SMILES string of the molecule is Cc1nc2cc(-n3c(O)c[nH]c3=O)ccc2s1. The van der Waals surface area contributed by atoms with Crippen LogP contribution in [-0.4, -0.2) is 19.6 Å². The summed E-state index contributed by atoms with van der Waals surface area (Å²) in [5, 5.41) is 10.6. The third kappa shape index (κ3) is 1.53. The number of imidazole rings is 1. The molecular formula is C11H9N3O2S. The number of rotatable bonds is 1. The zero-order valence-electron chi connectivity index (χ0n) is 8.97. The van der Waals surface area contributed by atoms with E-state index in [9.17, 15) is 9.90 Å². The van der Waals surface area contributed by atoms with Crippen molar-refractivity contribution in [1.82, 2.24) is 14.5 Å². The van der Waals surface area contributed by atoms with E-state index in [0.717, 1.165) is 15.2 Å². The molecule has 3 rings (SSSR count). The Bertz CT molecular complexity index is 754. The van der Waals surface area contributed by atoms with Gasteiger partial charge in [-0.05, 0) is 25.1 Å². The number of hydrogen-bond acceptors (Lipinski definition) is 4. The van der Waals surface area contributed by atoms with E-state index in [-0.39, 0.29) is 11.6 Å². The number of nitrogens with one attached hydrogen (secondary N) is 1. The van der Waals surface area contributed by atoms with E-state index >= 15 is 0 Å². The van der Waals surface area contributed by atoms with Crippen molar-refractivity contribution in [3.63, 3.8) is 0 Å². The van der Waals surface area contributed by atoms with Crippen LogP contribution in [0.1, 0.15) is 5.01 Å². The Morgan fingerprint density at radius 2 is 2.29 bits per heavy atom. The molecule has 6 heteroatoms. The first-order valence-electron chi connectivity index (χ1n) is 5.02. The van der Waals surface area contributed by atoms with E-state index < -0.39 is 0 Å². The minimum atomic E-state index is -0.367. The molecule has 86 valence electrons. The summed E-state index contributed by atoms with van der Waals surface area (Å²) in [5.41, 5.74) is 1.07. The first kappa shape index (κ1) is 10.1. The number of H-pyrrole nitrogens is 1. The summed E-state index contributed by atoms with van der Waals surface area (Å²) in [6, 6.07) is 5.47. The van der Waals surface area contributed by atoms with Crippen molar-refractivity contribution < 1.29 is 5.11 Å². The fourth-order valence-corrected chi connectivity index (χ4v) is 2.59. The minimum Gasteiger partial charge on any atom is -0.493 e. The van der Waals surface area contributed by atoms with Crippen molar-refractivity contribution in [3.8, 4) is 11.6 Å². The normalized spacial score (nSPS) is 11.1. The maximum Gasteiger partial charge on any atom is 0.333 e. The maximum atomic E-state index is 11.5. The summed E-state index contributed by atoms with van der Waals surface area (Å²) in [5.74, 6) is -0.110. The molecule has 0 aliphatic rings. The van der Waals surface area contributed by atoms with Crippen LogP contribution in [0.2, 0.25) is 0 Å². The van der Waals surface area contributed by atoms with E-state index in [1.54, 1.807) is 23.5 Å². The van der Waals surface area contributed by atoms with E-state index in [4.69, 9.17) is 0 Å². The molecule has 0 unspecified atom stereocenters. The Balaban J connectivity index is 2.28. The molecule has 3 aromatic rings. The van der Waals surface area contributed by atoms with E-state index in [1.165, 1.54) is 10.8 Å². The van der Waals surface area contributed by atoms with Gasteiger partial charge in [-0.1, -0.05) is 0 Å². The Morgan fingerprint density at radius 1 is 1.47 bits per heavy atom. The van der Waals surface area contributed by atoms with Crippen LogP contribution in [0.4, 0.5) is 0 Å². The molecule has 0 saturated heterocycles. The lowest BCUT2D eigenvalue weighted by molar-refractivity contribution is 0.441. The van der Waals surface area contributed by atoms with E-state index in [2.05, 4.69) is 9.97 Å². The molecule has 0 spiro atoms. The lowest BCUT2D eigenvalue weighted by Gasteiger charge is -2.01. The van der Waals surface area contributed by atoms with Gasteiger partial charge in [0.25, 0.3) is 0 Å². The average Bonchev–Trinajstić information content (AvgIpc) is 2.80. The molecule has 0 bridgehead atoms. The number of aryl methyl sites for hydroxylation is 1.